The van der Waals surface area contributed by atoms with Crippen molar-refractivity contribution in [3.63, 3.8) is 0 Å². The van der Waals surface area contributed by atoms with Gasteiger partial charge in [0.25, 0.3) is 0 Å². The maximum atomic E-state index is 11.1. The van der Waals surface area contributed by atoms with E-state index >= 15 is 0 Å². The summed E-state index contributed by atoms with van der Waals surface area (Å²) in [5, 5.41) is 21.5. The second-order valence-electron chi connectivity index (χ2n) is 7.34. The Hall–Kier alpha value is -2.86. The first-order valence-electron chi connectivity index (χ1n) is 9.50. The van der Waals surface area contributed by atoms with Crippen LogP contribution in [0, 0.1) is 0 Å². The van der Waals surface area contributed by atoms with Crippen molar-refractivity contribution in [1.82, 2.24) is 10.2 Å². The molecular formula is C22H25N3O3. The lowest BCUT2D eigenvalue weighted by Crippen LogP contribution is -2.46. The van der Waals surface area contributed by atoms with Crippen molar-refractivity contribution < 1.29 is 14.6 Å². The second kappa shape index (κ2) is 7.64. The van der Waals surface area contributed by atoms with Gasteiger partial charge in [0, 0.05) is 30.3 Å². The van der Waals surface area contributed by atoms with Crippen molar-refractivity contribution in [1.29, 1.82) is 0 Å². The molecule has 0 bridgehead atoms. The third-order valence-corrected chi connectivity index (χ3v) is 5.52. The minimum atomic E-state index is -0.684. The fourth-order valence-electron chi connectivity index (χ4n) is 3.92. The number of anilines is 1. The number of benzene rings is 2. The number of ether oxygens (including phenoxy) is 2. The molecule has 0 spiro atoms. The maximum Gasteiger partial charge on any atom is 0.161 e. The van der Waals surface area contributed by atoms with E-state index in [0.717, 1.165) is 29.7 Å². The zero-order valence-electron chi connectivity index (χ0n) is 16.3. The number of aromatic nitrogens is 2. The summed E-state index contributed by atoms with van der Waals surface area (Å²) < 4.78 is 10.8. The quantitative estimate of drug-likeness (QED) is 0.734. The molecule has 28 heavy (non-hydrogen) atoms. The van der Waals surface area contributed by atoms with Crippen LogP contribution < -0.4 is 14.4 Å². The van der Waals surface area contributed by atoms with Crippen molar-refractivity contribution in [3.05, 3.63) is 54.2 Å². The van der Waals surface area contributed by atoms with Crippen molar-refractivity contribution >= 4 is 16.6 Å². The lowest BCUT2D eigenvalue weighted by atomic mass is 9.85. The summed E-state index contributed by atoms with van der Waals surface area (Å²) in [6, 6.07) is 14.0. The van der Waals surface area contributed by atoms with Crippen LogP contribution in [0.4, 0.5) is 5.82 Å². The van der Waals surface area contributed by atoms with Crippen LogP contribution in [-0.2, 0) is 6.42 Å². The van der Waals surface area contributed by atoms with Gasteiger partial charge in [0.1, 0.15) is 0 Å². The van der Waals surface area contributed by atoms with Gasteiger partial charge in [0.05, 0.1) is 26.0 Å². The van der Waals surface area contributed by atoms with Gasteiger partial charge in [-0.25, -0.2) is 0 Å². The maximum absolute atomic E-state index is 11.1. The Kier molecular flexibility index (Phi) is 5.05. The molecule has 3 aromatic rings. The Morgan fingerprint density at radius 3 is 2.39 bits per heavy atom. The zero-order chi connectivity index (χ0) is 19.6. The fourth-order valence-corrected chi connectivity index (χ4v) is 3.92. The van der Waals surface area contributed by atoms with Crippen LogP contribution in [-0.4, -0.2) is 48.2 Å². The second-order valence-corrected chi connectivity index (χ2v) is 7.34. The Balaban J connectivity index is 1.57. The van der Waals surface area contributed by atoms with Crippen LogP contribution in [0.5, 0.6) is 11.5 Å². The summed E-state index contributed by atoms with van der Waals surface area (Å²) in [5.41, 5.74) is 0.483. The molecule has 0 atom stereocenters. The fraction of sp³-hybridized carbons (Fsp3) is 0.364. The van der Waals surface area contributed by atoms with E-state index in [2.05, 4.69) is 27.2 Å². The Morgan fingerprint density at radius 1 is 1.04 bits per heavy atom. The summed E-state index contributed by atoms with van der Waals surface area (Å²) >= 11 is 0. The number of nitrogens with zero attached hydrogens (tertiary/aromatic N) is 3. The lowest BCUT2D eigenvalue weighted by molar-refractivity contribution is 0.0164. The summed E-state index contributed by atoms with van der Waals surface area (Å²) in [6.07, 6.45) is 3.78. The molecule has 1 N–H and O–H groups in total. The molecule has 1 saturated heterocycles. The van der Waals surface area contributed by atoms with Gasteiger partial charge >= 0.3 is 0 Å². The van der Waals surface area contributed by atoms with E-state index in [0.29, 0.717) is 30.8 Å². The lowest BCUT2D eigenvalue weighted by Gasteiger charge is -2.39. The normalized spacial score (nSPS) is 16.2. The highest BCUT2D eigenvalue weighted by molar-refractivity contribution is 5.94. The molecule has 0 amide bonds. The molecule has 2 heterocycles. The molecule has 1 aromatic heterocycles. The predicted molar refractivity (Wildman–Crippen MR) is 109 cm³/mol. The first-order valence-corrected chi connectivity index (χ1v) is 9.50. The Bertz CT molecular complexity index is 954. The summed E-state index contributed by atoms with van der Waals surface area (Å²) in [7, 11) is 3.25. The van der Waals surface area contributed by atoms with Crippen LogP contribution in [0.2, 0.25) is 0 Å². The predicted octanol–water partition coefficient (Wildman–Crippen LogP) is 3.22. The number of methoxy groups -OCH3 is 2. The molecule has 6 nitrogen and oxygen atoms in total. The van der Waals surface area contributed by atoms with Crippen LogP contribution in [0.15, 0.2) is 48.7 Å². The highest BCUT2D eigenvalue weighted by Gasteiger charge is 2.33. The van der Waals surface area contributed by atoms with E-state index < -0.39 is 5.60 Å². The van der Waals surface area contributed by atoms with E-state index in [1.165, 1.54) is 5.56 Å². The van der Waals surface area contributed by atoms with Gasteiger partial charge < -0.3 is 19.5 Å². The van der Waals surface area contributed by atoms with Crippen LogP contribution >= 0.6 is 0 Å². The Morgan fingerprint density at radius 2 is 1.71 bits per heavy atom. The van der Waals surface area contributed by atoms with Gasteiger partial charge in [-0.15, -0.1) is 5.10 Å². The summed E-state index contributed by atoms with van der Waals surface area (Å²) in [4.78, 5) is 2.20. The zero-order valence-corrected chi connectivity index (χ0v) is 16.3. The number of hydrogen-bond acceptors (Lipinski definition) is 6. The number of aliphatic hydroxyl groups is 1. The van der Waals surface area contributed by atoms with Crippen LogP contribution in [0.3, 0.4) is 0 Å². The van der Waals surface area contributed by atoms with E-state index in [4.69, 9.17) is 9.47 Å². The van der Waals surface area contributed by atoms with Gasteiger partial charge in [-0.05, 0) is 30.5 Å². The van der Waals surface area contributed by atoms with Crippen LogP contribution in [0.1, 0.15) is 18.4 Å². The highest BCUT2D eigenvalue weighted by atomic mass is 16.5. The van der Waals surface area contributed by atoms with Gasteiger partial charge in [0.2, 0.25) is 0 Å². The summed E-state index contributed by atoms with van der Waals surface area (Å²) in [5.74, 6) is 2.16. The largest absolute Gasteiger partial charge is 0.493 e. The monoisotopic (exact) mass is 379 g/mol. The SMILES string of the molecule is COc1cc2cnnc(N3CCC(O)(Cc4ccccc4)CC3)c2cc1OC. The van der Waals surface area contributed by atoms with Crippen molar-refractivity contribution in [2.45, 2.75) is 24.9 Å². The third-order valence-electron chi connectivity index (χ3n) is 5.52. The molecule has 0 aliphatic carbocycles. The third kappa shape index (κ3) is 3.60. The first-order chi connectivity index (χ1) is 13.6. The molecule has 4 rings (SSSR count). The topological polar surface area (TPSA) is 67.7 Å². The standard InChI is InChI=1S/C22H25N3O3/c1-27-19-12-17-15-23-24-21(18(17)13-20(19)28-2)25-10-8-22(26,9-11-25)14-16-6-4-3-5-7-16/h3-7,12-13,15,26H,8-11,14H2,1-2H3. The minimum absolute atomic E-state index is 0.668. The highest BCUT2D eigenvalue weighted by Crippen LogP contribution is 2.37. The molecule has 1 aliphatic heterocycles. The summed E-state index contributed by atoms with van der Waals surface area (Å²) in [6.45, 7) is 1.46. The minimum Gasteiger partial charge on any atom is -0.493 e. The van der Waals surface area contributed by atoms with Gasteiger partial charge in [-0.2, -0.15) is 5.10 Å². The van der Waals surface area contributed by atoms with Gasteiger partial charge in [-0.3, -0.25) is 0 Å². The molecule has 0 radical (unpaired) electrons. The molecule has 0 saturated carbocycles. The molecule has 2 aromatic carbocycles. The number of fused-ring (bicyclic) bond motifs is 1. The van der Waals surface area contributed by atoms with E-state index in [9.17, 15) is 5.11 Å². The molecular weight excluding hydrogens is 354 g/mol. The van der Waals surface area contributed by atoms with E-state index in [1.54, 1.807) is 20.4 Å². The molecule has 1 aliphatic rings. The van der Waals surface area contributed by atoms with Gasteiger partial charge in [-0.1, -0.05) is 30.3 Å². The number of rotatable bonds is 5. The van der Waals surface area contributed by atoms with Crippen molar-refractivity contribution in [2.75, 3.05) is 32.2 Å². The molecule has 1 fully saturated rings. The van der Waals surface area contributed by atoms with Crippen LogP contribution in [0.25, 0.3) is 10.8 Å². The van der Waals surface area contributed by atoms with E-state index in [-0.39, 0.29) is 0 Å². The first kappa shape index (κ1) is 18.5. The smallest absolute Gasteiger partial charge is 0.161 e. The van der Waals surface area contributed by atoms with Crippen molar-refractivity contribution in [3.8, 4) is 11.5 Å². The molecule has 0 unspecified atom stereocenters. The Labute approximate surface area is 164 Å². The molecule has 6 heteroatoms. The average Bonchev–Trinajstić information content (AvgIpc) is 2.73. The average molecular weight is 379 g/mol. The van der Waals surface area contributed by atoms with Gasteiger partial charge in [0.15, 0.2) is 17.3 Å². The van der Waals surface area contributed by atoms with E-state index in [1.807, 2.05) is 30.3 Å². The number of hydrogen-bond donors (Lipinski definition) is 1. The van der Waals surface area contributed by atoms with Crippen molar-refractivity contribution in [2.24, 2.45) is 0 Å². The number of piperidine rings is 1. The molecule has 146 valence electrons.